The molecule has 0 radical (unpaired) electrons. The molecule has 3 aromatic rings. The van der Waals surface area contributed by atoms with E-state index in [2.05, 4.69) is 0 Å². The monoisotopic (exact) mass is 405 g/mol. The van der Waals surface area contributed by atoms with E-state index in [9.17, 15) is 14.7 Å². The van der Waals surface area contributed by atoms with Crippen LogP contribution in [0.4, 0.5) is 5.69 Å². The van der Waals surface area contributed by atoms with Gasteiger partial charge < -0.3 is 19.0 Å². The van der Waals surface area contributed by atoms with E-state index < -0.39 is 17.7 Å². The highest BCUT2D eigenvalue weighted by atomic mass is 16.5. The molecule has 4 rings (SSSR count). The number of Topliss-reactive ketones (excluding diaryl/α,β-unsaturated/α-hetero) is 1. The van der Waals surface area contributed by atoms with Crippen LogP contribution in [-0.4, -0.2) is 31.0 Å². The Morgan fingerprint density at radius 2 is 1.80 bits per heavy atom. The molecule has 0 spiro atoms. The smallest absolute Gasteiger partial charge is 0.300 e. The number of ketones is 1. The van der Waals surface area contributed by atoms with Crippen LogP contribution < -0.4 is 14.4 Å². The number of aliphatic hydroxyl groups is 1. The summed E-state index contributed by atoms with van der Waals surface area (Å²) in [4.78, 5) is 27.4. The Hall–Kier alpha value is -4.00. The SMILES string of the molecule is COc1cccc(/C(O)=C2/C(=O)C(=O)N(c3ccccc3OC)C2c2ccco2)c1. The summed E-state index contributed by atoms with van der Waals surface area (Å²) in [5, 5.41) is 11.0. The molecule has 1 atom stereocenters. The lowest BCUT2D eigenvalue weighted by atomic mass is 9.99. The first-order chi connectivity index (χ1) is 14.6. The predicted molar refractivity (Wildman–Crippen MR) is 109 cm³/mol. The Labute approximate surface area is 172 Å². The van der Waals surface area contributed by atoms with Crippen molar-refractivity contribution in [2.24, 2.45) is 0 Å². The van der Waals surface area contributed by atoms with Gasteiger partial charge in [-0.25, -0.2) is 0 Å². The number of methoxy groups -OCH3 is 2. The van der Waals surface area contributed by atoms with Crippen LogP contribution in [0, 0.1) is 0 Å². The molecule has 1 unspecified atom stereocenters. The summed E-state index contributed by atoms with van der Waals surface area (Å²) in [5.41, 5.74) is 0.672. The van der Waals surface area contributed by atoms with E-state index in [1.54, 1.807) is 60.7 Å². The highest BCUT2D eigenvalue weighted by Gasteiger charge is 2.49. The second-order valence-electron chi connectivity index (χ2n) is 6.59. The summed E-state index contributed by atoms with van der Waals surface area (Å²) in [6.45, 7) is 0. The van der Waals surface area contributed by atoms with Crippen LogP contribution >= 0.6 is 0 Å². The molecule has 1 aromatic heterocycles. The molecule has 1 aliphatic heterocycles. The van der Waals surface area contributed by atoms with E-state index in [0.29, 0.717) is 28.5 Å². The number of nitrogens with zero attached hydrogens (tertiary/aromatic N) is 1. The van der Waals surface area contributed by atoms with Crippen molar-refractivity contribution in [3.8, 4) is 11.5 Å². The van der Waals surface area contributed by atoms with Gasteiger partial charge in [0.25, 0.3) is 11.7 Å². The van der Waals surface area contributed by atoms with Crippen LogP contribution in [0.1, 0.15) is 17.4 Å². The fraction of sp³-hybridized carbons (Fsp3) is 0.130. The van der Waals surface area contributed by atoms with Crippen LogP contribution in [0.15, 0.2) is 76.9 Å². The quantitative estimate of drug-likeness (QED) is 0.393. The molecule has 1 aliphatic rings. The molecule has 7 nitrogen and oxygen atoms in total. The van der Waals surface area contributed by atoms with Gasteiger partial charge >= 0.3 is 0 Å². The lowest BCUT2D eigenvalue weighted by Crippen LogP contribution is -2.29. The third-order valence-electron chi connectivity index (χ3n) is 4.94. The number of hydrogen-bond acceptors (Lipinski definition) is 6. The molecular formula is C23H19NO6. The first-order valence-electron chi connectivity index (χ1n) is 9.18. The largest absolute Gasteiger partial charge is 0.507 e. The van der Waals surface area contributed by atoms with Gasteiger partial charge in [0.05, 0.1) is 31.7 Å². The lowest BCUT2D eigenvalue weighted by Gasteiger charge is -2.24. The zero-order valence-electron chi connectivity index (χ0n) is 16.4. The van der Waals surface area contributed by atoms with E-state index in [1.165, 1.54) is 25.4 Å². The number of furan rings is 1. The molecule has 2 heterocycles. The number of rotatable bonds is 5. The topological polar surface area (TPSA) is 89.2 Å². The lowest BCUT2D eigenvalue weighted by molar-refractivity contribution is -0.132. The summed E-state index contributed by atoms with van der Waals surface area (Å²) in [6, 6.07) is 15.8. The van der Waals surface area contributed by atoms with E-state index in [0.717, 1.165) is 0 Å². The highest BCUT2D eigenvalue weighted by Crippen LogP contribution is 2.45. The van der Waals surface area contributed by atoms with Crippen molar-refractivity contribution in [1.29, 1.82) is 0 Å². The van der Waals surface area contributed by atoms with Crippen molar-refractivity contribution in [3.63, 3.8) is 0 Å². The van der Waals surface area contributed by atoms with Gasteiger partial charge in [-0.1, -0.05) is 24.3 Å². The summed E-state index contributed by atoms with van der Waals surface area (Å²) in [7, 11) is 2.98. The number of aliphatic hydroxyl groups excluding tert-OH is 1. The van der Waals surface area contributed by atoms with Gasteiger partial charge in [-0.05, 0) is 36.4 Å². The van der Waals surface area contributed by atoms with Gasteiger partial charge in [0, 0.05) is 5.56 Å². The fourth-order valence-corrected chi connectivity index (χ4v) is 3.55. The minimum Gasteiger partial charge on any atom is -0.507 e. The van der Waals surface area contributed by atoms with E-state index >= 15 is 0 Å². The fourth-order valence-electron chi connectivity index (χ4n) is 3.55. The van der Waals surface area contributed by atoms with Crippen molar-refractivity contribution in [2.75, 3.05) is 19.1 Å². The number of para-hydroxylation sites is 2. The van der Waals surface area contributed by atoms with Crippen molar-refractivity contribution >= 4 is 23.1 Å². The number of ether oxygens (including phenoxy) is 2. The molecule has 1 fully saturated rings. The second-order valence-corrected chi connectivity index (χ2v) is 6.59. The number of benzene rings is 2. The normalized spacial score (nSPS) is 17.9. The Morgan fingerprint density at radius 1 is 1.00 bits per heavy atom. The minimum atomic E-state index is -0.956. The van der Waals surface area contributed by atoms with E-state index in [4.69, 9.17) is 13.9 Å². The van der Waals surface area contributed by atoms with E-state index in [-0.39, 0.29) is 11.3 Å². The van der Waals surface area contributed by atoms with Crippen molar-refractivity contribution < 1.29 is 28.6 Å². The van der Waals surface area contributed by atoms with Gasteiger partial charge in [0.15, 0.2) is 0 Å². The Kier molecular flexibility index (Phi) is 5.02. The molecule has 7 heteroatoms. The molecule has 1 amide bonds. The Balaban J connectivity index is 1.94. The zero-order valence-corrected chi connectivity index (χ0v) is 16.4. The molecule has 0 aliphatic carbocycles. The average Bonchev–Trinajstić information content (AvgIpc) is 3.40. The molecule has 0 bridgehead atoms. The molecule has 152 valence electrons. The maximum absolute atomic E-state index is 13.1. The maximum atomic E-state index is 13.1. The predicted octanol–water partition coefficient (Wildman–Crippen LogP) is 3.92. The highest BCUT2D eigenvalue weighted by molar-refractivity contribution is 6.51. The number of carbonyl (C=O) groups excluding carboxylic acids is 2. The van der Waals surface area contributed by atoms with Gasteiger partial charge in [0.1, 0.15) is 29.1 Å². The Bertz CT molecular complexity index is 1130. The van der Waals surface area contributed by atoms with Crippen LogP contribution in [0.25, 0.3) is 5.76 Å². The number of anilines is 1. The van der Waals surface area contributed by atoms with Crippen molar-refractivity contribution in [3.05, 3.63) is 83.8 Å². The second kappa shape index (κ2) is 7.79. The third-order valence-corrected chi connectivity index (χ3v) is 4.94. The minimum absolute atomic E-state index is 0.0749. The standard InChI is InChI=1S/C23H19NO6/c1-28-15-8-5-7-14(13-15)21(25)19-20(18-11-6-12-30-18)24(23(27)22(19)26)16-9-3-4-10-17(16)29-2/h3-13,20,25H,1-2H3/b21-19-. The first kappa shape index (κ1) is 19.3. The van der Waals surface area contributed by atoms with Gasteiger partial charge in [-0.2, -0.15) is 0 Å². The average molecular weight is 405 g/mol. The van der Waals surface area contributed by atoms with Gasteiger partial charge in [-0.3, -0.25) is 14.5 Å². The third kappa shape index (κ3) is 3.10. The van der Waals surface area contributed by atoms with Crippen LogP contribution in [0.5, 0.6) is 11.5 Å². The van der Waals surface area contributed by atoms with Crippen LogP contribution in [0.3, 0.4) is 0 Å². The van der Waals surface area contributed by atoms with E-state index in [1.807, 2.05) is 0 Å². The first-order valence-corrected chi connectivity index (χ1v) is 9.18. The van der Waals surface area contributed by atoms with Gasteiger partial charge in [-0.15, -0.1) is 0 Å². The molecule has 1 saturated heterocycles. The summed E-state index contributed by atoms with van der Waals surface area (Å²) in [6.07, 6.45) is 1.45. The number of carbonyl (C=O) groups is 2. The summed E-state index contributed by atoms with van der Waals surface area (Å²) < 4.78 is 16.1. The van der Waals surface area contributed by atoms with Crippen LogP contribution in [0.2, 0.25) is 0 Å². The molecule has 1 N–H and O–H groups in total. The summed E-state index contributed by atoms with van der Waals surface area (Å²) in [5.74, 6) is -0.659. The molecule has 30 heavy (non-hydrogen) atoms. The number of hydrogen-bond donors (Lipinski definition) is 1. The zero-order chi connectivity index (χ0) is 21.3. The van der Waals surface area contributed by atoms with Crippen LogP contribution in [-0.2, 0) is 9.59 Å². The Morgan fingerprint density at radius 3 is 2.50 bits per heavy atom. The number of amides is 1. The molecule has 0 saturated carbocycles. The van der Waals surface area contributed by atoms with Gasteiger partial charge in [0.2, 0.25) is 0 Å². The molecule has 2 aromatic carbocycles. The maximum Gasteiger partial charge on any atom is 0.300 e. The molecular weight excluding hydrogens is 386 g/mol. The van der Waals surface area contributed by atoms with Crippen molar-refractivity contribution in [1.82, 2.24) is 0 Å². The summed E-state index contributed by atoms with van der Waals surface area (Å²) >= 11 is 0. The van der Waals surface area contributed by atoms with Crippen molar-refractivity contribution in [2.45, 2.75) is 6.04 Å².